The molecule has 0 aliphatic carbocycles. The van der Waals surface area contributed by atoms with E-state index in [1.165, 1.54) is 6.92 Å². The molecule has 3 aliphatic heterocycles. The van der Waals surface area contributed by atoms with Crippen LogP contribution in [0.5, 0.6) is 0 Å². The van der Waals surface area contributed by atoms with E-state index in [2.05, 4.69) is 15.2 Å². The van der Waals surface area contributed by atoms with Crippen LogP contribution in [0.3, 0.4) is 0 Å². The van der Waals surface area contributed by atoms with Gasteiger partial charge in [0.25, 0.3) is 0 Å². The maximum atomic E-state index is 14.4. The quantitative estimate of drug-likeness (QED) is 0.246. The number of carbonyl (C=O) groups excluding carboxylic acids is 4. The van der Waals surface area contributed by atoms with Crippen molar-refractivity contribution in [2.24, 2.45) is 23.7 Å². The molecule has 0 bridgehead atoms. The second-order valence-corrected chi connectivity index (χ2v) is 16.2. The predicted octanol–water partition coefficient (Wildman–Crippen LogP) is 6.14. The molecule has 3 fully saturated rings. The second-order valence-electron chi connectivity index (χ2n) is 16.2. The molecule has 54 heavy (non-hydrogen) atoms. The highest BCUT2D eigenvalue weighted by Gasteiger charge is 2.57. The molecule has 1 aromatic carbocycles. The van der Waals surface area contributed by atoms with Crippen LogP contribution in [-0.4, -0.2) is 102 Å². The fourth-order valence-corrected chi connectivity index (χ4v) is 8.67. The number of alkyl carbamates (subject to hydrolysis) is 1. The van der Waals surface area contributed by atoms with E-state index in [1.807, 2.05) is 84.3 Å². The molecule has 296 valence electrons. The lowest BCUT2D eigenvalue weighted by Crippen LogP contribution is -2.58. The van der Waals surface area contributed by atoms with Gasteiger partial charge in [0.2, 0.25) is 0 Å². The van der Waals surface area contributed by atoms with Crippen LogP contribution in [0.4, 0.5) is 4.79 Å². The van der Waals surface area contributed by atoms with E-state index >= 15 is 0 Å². The van der Waals surface area contributed by atoms with Gasteiger partial charge in [0.05, 0.1) is 36.0 Å². The van der Waals surface area contributed by atoms with Gasteiger partial charge in [-0.2, -0.15) is 0 Å². The van der Waals surface area contributed by atoms with Crippen molar-refractivity contribution >= 4 is 40.6 Å². The second kappa shape index (κ2) is 17.0. The summed E-state index contributed by atoms with van der Waals surface area (Å²) in [7, 11) is 4.04. The largest absolute Gasteiger partial charge is 0.458 e. The van der Waals surface area contributed by atoms with E-state index in [0.717, 1.165) is 22.9 Å². The third-order valence-corrected chi connectivity index (χ3v) is 11.8. The smallest absolute Gasteiger partial charge is 0.408 e. The summed E-state index contributed by atoms with van der Waals surface area (Å²) in [6.45, 7) is 14.3. The number of aromatic nitrogens is 1. The molecule has 1 aromatic heterocycles. The average molecular weight is 750 g/mol. The number of carbonyl (C=O) groups is 4. The van der Waals surface area contributed by atoms with Gasteiger partial charge in [-0.3, -0.25) is 19.4 Å². The minimum absolute atomic E-state index is 0.106. The van der Waals surface area contributed by atoms with Crippen molar-refractivity contribution in [3.63, 3.8) is 0 Å². The fraction of sp³-hybridized carbons (Fsp3) is 0.643. The van der Waals surface area contributed by atoms with E-state index in [0.29, 0.717) is 12.8 Å². The van der Waals surface area contributed by atoms with Crippen LogP contribution < -0.4 is 5.32 Å². The van der Waals surface area contributed by atoms with Crippen LogP contribution in [0.25, 0.3) is 17.0 Å². The van der Waals surface area contributed by atoms with Gasteiger partial charge < -0.3 is 33.9 Å². The number of para-hydroxylation sites is 1. The van der Waals surface area contributed by atoms with Gasteiger partial charge in [0.15, 0.2) is 17.7 Å². The zero-order valence-electron chi connectivity index (χ0n) is 33.5. The van der Waals surface area contributed by atoms with E-state index in [9.17, 15) is 19.2 Å². The Morgan fingerprint density at radius 3 is 2.43 bits per heavy atom. The number of nitrogens with zero attached hydrogens (tertiary/aromatic N) is 2. The SMILES string of the molecule is CC[C@H]1OC(=O)[C@H](C)C(=O)[C@H](C)[C@@H](O[C@H]2C[C@@H](N(C)C)C[C@@H](C)O2)[C@](C)(OC/C=C/c2cnc3ccccc3c2)C[C@@H](C)C(=O)[C@H](C)[C@H]2NC(=O)O[C@@]21C. The van der Waals surface area contributed by atoms with Crippen molar-refractivity contribution in [1.82, 2.24) is 15.2 Å². The highest BCUT2D eigenvalue weighted by atomic mass is 16.7. The molecule has 3 aliphatic rings. The van der Waals surface area contributed by atoms with Crippen molar-refractivity contribution in [3.05, 3.63) is 48.2 Å². The molecular weight excluding hydrogens is 690 g/mol. The lowest BCUT2D eigenvalue weighted by Gasteiger charge is -2.46. The Morgan fingerprint density at radius 1 is 1.00 bits per heavy atom. The molecule has 1 N–H and O–H groups in total. The van der Waals surface area contributed by atoms with Crippen LogP contribution in [0.15, 0.2) is 42.6 Å². The van der Waals surface area contributed by atoms with Gasteiger partial charge in [-0.05, 0) is 78.7 Å². The summed E-state index contributed by atoms with van der Waals surface area (Å²) in [5.41, 5.74) is -0.789. The number of ketones is 2. The number of amides is 1. The summed E-state index contributed by atoms with van der Waals surface area (Å²) in [6, 6.07) is 9.31. The monoisotopic (exact) mass is 749 g/mol. The number of ether oxygens (including phenoxy) is 5. The molecule has 1 amide bonds. The van der Waals surface area contributed by atoms with Crippen molar-refractivity contribution in [1.29, 1.82) is 0 Å². The topological polar surface area (TPSA) is 143 Å². The first kappa shape index (κ1) is 41.5. The molecule has 0 spiro atoms. The van der Waals surface area contributed by atoms with Crippen molar-refractivity contribution in [3.8, 4) is 0 Å². The molecule has 4 heterocycles. The predicted molar refractivity (Wildman–Crippen MR) is 204 cm³/mol. The molecule has 5 rings (SSSR count). The standard InChI is InChI=1S/C42H59N3O9/c1-11-33-42(8)37(44-40(49)54-42)26(4)35(46)24(2)22-41(7,50-18-14-15-29-20-30-16-12-13-17-32(30)43-23-29)38(27(5)36(47)28(6)39(48)52-33)53-34-21-31(45(9)10)19-25(3)51-34/h12-17,20,23-28,31,33-34,37-38H,11,18-19,21-22H2,1-10H3,(H,44,49)/b15-14+/t24-,25-,26+,27+,28-,31+,33-,34+,37-,38-,41-,42-/m1/s1. The molecule has 12 nitrogen and oxygen atoms in total. The highest BCUT2D eigenvalue weighted by molar-refractivity contribution is 6.00. The minimum atomic E-state index is -1.35. The summed E-state index contributed by atoms with van der Waals surface area (Å²) >= 11 is 0. The molecule has 2 aromatic rings. The van der Waals surface area contributed by atoms with Gasteiger partial charge in [-0.1, -0.05) is 58.0 Å². The maximum Gasteiger partial charge on any atom is 0.408 e. The summed E-state index contributed by atoms with van der Waals surface area (Å²) in [4.78, 5) is 62.0. The number of Topliss-reactive ketones (excluding diaryl/α,β-unsaturated/α-hetero) is 2. The molecule has 3 saturated heterocycles. The number of nitrogens with one attached hydrogen (secondary N) is 1. The van der Waals surface area contributed by atoms with Gasteiger partial charge in [-0.15, -0.1) is 0 Å². The molecule has 12 heteroatoms. The van der Waals surface area contributed by atoms with Gasteiger partial charge >= 0.3 is 12.1 Å². The highest BCUT2D eigenvalue weighted by Crippen LogP contribution is 2.40. The van der Waals surface area contributed by atoms with Crippen LogP contribution in [0, 0.1) is 23.7 Å². The molecule has 0 saturated carbocycles. The van der Waals surface area contributed by atoms with Crippen molar-refractivity contribution < 1.29 is 42.9 Å². The first-order chi connectivity index (χ1) is 25.5. The third kappa shape index (κ3) is 8.88. The number of esters is 1. The summed E-state index contributed by atoms with van der Waals surface area (Å²) in [5.74, 6) is -4.63. The van der Waals surface area contributed by atoms with Crippen LogP contribution in [0.1, 0.15) is 86.6 Å². The fourth-order valence-electron chi connectivity index (χ4n) is 8.67. The van der Waals surface area contributed by atoms with Crippen LogP contribution in [-0.2, 0) is 38.1 Å². The first-order valence-corrected chi connectivity index (χ1v) is 19.4. The van der Waals surface area contributed by atoms with Crippen LogP contribution >= 0.6 is 0 Å². The van der Waals surface area contributed by atoms with E-state index in [4.69, 9.17) is 23.7 Å². The normalized spacial score (nSPS) is 37.2. The Balaban J connectivity index is 1.54. The Kier molecular flexibility index (Phi) is 13.0. The lowest BCUT2D eigenvalue weighted by atomic mass is 9.73. The Bertz CT molecular complexity index is 1710. The zero-order valence-corrected chi connectivity index (χ0v) is 33.5. The summed E-state index contributed by atoms with van der Waals surface area (Å²) in [6.07, 6.45) is 4.14. The summed E-state index contributed by atoms with van der Waals surface area (Å²) < 4.78 is 31.7. The molecule has 0 radical (unpaired) electrons. The van der Waals surface area contributed by atoms with E-state index in [-0.39, 0.29) is 31.0 Å². The number of benzene rings is 1. The minimum Gasteiger partial charge on any atom is -0.458 e. The maximum absolute atomic E-state index is 14.4. The average Bonchev–Trinajstić information content (AvgIpc) is 3.46. The van der Waals surface area contributed by atoms with Gasteiger partial charge in [0.1, 0.15) is 17.8 Å². The Labute approximate surface area is 319 Å². The number of pyridine rings is 1. The molecule has 0 unspecified atom stereocenters. The van der Waals surface area contributed by atoms with E-state index < -0.39 is 77.3 Å². The zero-order chi connectivity index (χ0) is 39.5. The lowest BCUT2D eigenvalue weighted by molar-refractivity contribution is -0.264. The number of cyclic esters (lactones) is 1. The van der Waals surface area contributed by atoms with Gasteiger partial charge in [0, 0.05) is 41.8 Å². The van der Waals surface area contributed by atoms with E-state index in [1.54, 1.807) is 27.0 Å². The van der Waals surface area contributed by atoms with Crippen LogP contribution in [0.2, 0.25) is 0 Å². The number of hydrogen-bond acceptors (Lipinski definition) is 11. The number of fused-ring (bicyclic) bond motifs is 2. The summed E-state index contributed by atoms with van der Waals surface area (Å²) in [5, 5.41) is 3.83. The third-order valence-electron chi connectivity index (χ3n) is 11.8. The van der Waals surface area contributed by atoms with Crippen molar-refractivity contribution in [2.75, 3.05) is 20.7 Å². The van der Waals surface area contributed by atoms with Gasteiger partial charge in [-0.25, -0.2) is 4.79 Å². The Morgan fingerprint density at radius 2 is 1.72 bits per heavy atom. The number of hydrogen-bond donors (Lipinski definition) is 1. The molecular formula is C42H59N3O9. The van der Waals surface area contributed by atoms with Crippen molar-refractivity contribution in [2.45, 2.75) is 129 Å². The molecule has 12 atom stereocenters. The first-order valence-electron chi connectivity index (χ1n) is 19.4. The Hall–Kier alpha value is -3.71. The number of rotatable bonds is 8.